The highest BCUT2D eigenvalue weighted by Crippen LogP contribution is 2.33. The molecule has 0 amide bonds. The smallest absolute Gasteiger partial charge is 0.261 e. The summed E-state index contributed by atoms with van der Waals surface area (Å²) in [4.78, 5) is 2.51. The van der Waals surface area contributed by atoms with E-state index in [0.29, 0.717) is 5.69 Å². The van der Waals surface area contributed by atoms with Gasteiger partial charge in [-0.25, -0.2) is 8.42 Å². The molecule has 0 atom stereocenters. The normalized spacial score (nSPS) is 14.4. The van der Waals surface area contributed by atoms with Crippen LogP contribution in [0, 0.1) is 0 Å². The third-order valence-corrected chi connectivity index (χ3v) is 6.21. The molecule has 1 aliphatic heterocycles. The second-order valence-corrected chi connectivity index (χ2v) is 8.56. The third kappa shape index (κ3) is 4.70. The molecule has 4 rings (SSSR count). The second kappa shape index (κ2) is 8.55. The molecule has 3 aromatic carbocycles. The Hall–Kier alpha value is -3.03. The van der Waals surface area contributed by atoms with Gasteiger partial charge in [0.15, 0.2) is 0 Å². The second-order valence-electron chi connectivity index (χ2n) is 6.88. The summed E-state index contributed by atoms with van der Waals surface area (Å²) in [5, 5.41) is 6.81. The summed E-state index contributed by atoms with van der Waals surface area (Å²) in [6.07, 6.45) is 0. The molecule has 6 nitrogen and oxygen atoms in total. The van der Waals surface area contributed by atoms with E-state index in [1.165, 1.54) is 0 Å². The van der Waals surface area contributed by atoms with E-state index in [9.17, 15) is 8.42 Å². The predicted octanol–water partition coefficient (Wildman–Crippen LogP) is 3.64. The van der Waals surface area contributed by atoms with Crippen LogP contribution in [0.3, 0.4) is 0 Å². The third-order valence-electron chi connectivity index (χ3n) is 4.81. The van der Waals surface area contributed by atoms with Gasteiger partial charge in [0, 0.05) is 31.9 Å². The maximum Gasteiger partial charge on any atom is 0.261 e. The molecule has 0 saturated carbocycles. The molecule has 0 radical (unpaired) electrons. The SMILES string of the molecule is O=S(=O)(Nc1ccc(Nc2ccccc2)c(N2CCNCC2)c1)c1ccccc1. The van der Waals surface area contributed by atoms with E-state index >= 15 is 0 Å². The minimum atomic E-state index is -3.63. The van der Waals surface area contributed by atoms with Crippen LogP contribution in [0.15, 0.2) is 83.8 Å². The monoisotopic (exact) mass is 408 g/mol. The summed E-state index contributed by atoms with van der Waals surface area (Å²) in [6, 6.07) is 24.0. The van der Waals surface area contributed by atoms with Gasteiger partial charge in [-0.3, -0.25) is 4.72 Å². The summed E-state index contributed by atoms with van der Waals surface area (Å²) in [5.41, 5.74) is 3.45. The zero-order chi connectivity index (χ0) is 20.1. The van der Waals surface area contributed by atoms with E-state index in [4.69, 9.17) is 0 Å². The van der Waals surface area contributed by atoms with Gasteiger partial charge in [-0.05, 0) is 42.5 Å². The van der Waals surface area contributed by atoms with Crippen molar-refractivity contribution < 1.29 is 8.42 Å². The summed E-state index contributed by atoms with van der Waals surface area (Å²) in [5.74, 6) is 0. The van der Waals surface area contributed by atoms with Crippen molar-refractivity contribution in [1.82, 2.24) is 5.32 Å². The lowest BCUT2D eigenvalue weighted by Gasteiger charge is -2.31. The zero-order valence-electron chi connectivity index (χ0n) is 16.0. The maximum absolute atomic E-state index is 12.7. The van der Waals surface area contributed by atoms with Gasteiger partial charge in [0.1, 0.15) is 0 Å². The van der Waals surface area contributed by atoms with Crippen LogP contribution in [0.1, 0.15) is 0 Å². The summed E-state index contributed by atoms with van der Waals surface area (Å²) < 4.78 is 28.1. The van der Waals surface area contributed by atoms with E-state index in [2.05, 4.69) is 20.3 Å². The van der Waals surface area contributed by atoms with Crippen molar-refractivity contribution >= 4 is 32.8 Å². The first-order valence-electron chi connectivity index (χ1n) is 9.61. The van der Waals surface area contributed by atoms with Crippen molar-refractivity contribution in [3.05, 3.63) is 78.9 Å². The minimum absolute atomic E-state index is 0.246. The highest BCUT2D eigenvalue weighted by Gasteiger charge is 2.18. The standard InChI is InChI=1S/C22H24N4O2S/c27-29(28,20-9-5-2-6-10-20)25-19-11-12-21(24-18-7-3-1-4-8-18)22(17-19)26-15-13-23-14-16-26/h1-12,17,23-25H,13-16H2. The maximum atomic E-state index is 12.7. The van der Waals surface area contributed by atoms with Gasteiger partial charge in [0.05, 0.1) is 22.0 Å². The van der Waals surface area contributed by atoms with Gasteiger partial charge >= 0.3 is 0 Å². The molecule has 0 spiro atoms. The van der Waals surface area contributed by atoms with Crippen LogP contribution >= 0.6 is 0 Å². The number of benzene rings is 3. The van der Waals surface area contributed by atoms with Crippen LogP contribution in [0.4, 0.5) is 22.7 Å². The lowest BCUT2D eigenvalue weighted by atomic mass is 10.2. The van der Waals surface area contributed by atoms with Crippen molar-refractivity contribution in [3.63, 3.8) is 0 Å². The van der Waals surface area contributed by atoms with Crippen LogP contribution in [-0.4, -0.2) is 34.6 Å². The van der Waals surface area contributed by atoms with Gasteiger partial charge in [-0.2, -0.15) is 0 Å². The molecule has 0 bridgehead atoms. The number of hydrogen-bond donors (Lipinski definition) is 3. The molecule has 3 aromatic rings. The van der Waals surface area contributed by atoms with Gasteiger partial charge in [0.25, 0.3) is 10.0 Å². The summed E-state index contributed by atoms with van der Waals surface area (Å²) in [7, 11) is -3.63. The average Bonchev–Trinajstić information content (AvgIpc) is 2.76. The molecule has 7 heteroatoms. The number of sulfonamides is 1. The fourth-order valence-electron chi connectivity index (χ4n) is 3.36. The predicted molar refractivity (Wildman–Crippen MR) is 118 cm³/mol. The van der Waals surface area contributed by atoms with Crippen LogP contribution in [-0.2, 0) is 10.0 Å². The van der Waals surface area contributed by atoms with Crippen LogP contribution < -0.4 is 20.3 Å². The Balaban J connectivity index is 1.65. The highest BCUT2D eigenvalue weighted by atomic mass is 32.2. The number of rotatable bonds is 6. The molecule has 0 aliphatic carbocycles. The Labute approximate surface area is 171 Å². The molecule has 1 aliphatic rings. The highest BCUT2D eigenvalue weighted by molar-refractivity contribution is 7.92. The first kappa shape index (κ1) is 19.3. The Kier molecular flexibility index (Phi) is 5.69. The topological polar surface area (TPSA) is 73.5 Å². The molecular weight excluding hydrogens is 384 g/mol. The number of nitrogens with zero attached hydrogens (tertiary/aromatic N) is 1. The molecule has 1 fully saturated rings. The summed E-state index contributed by atoms with van der Waals surface area (Å²) >= 11 is 0. The average molecular weight is 409 g/mol. The van der Waals surface area contributed by atoms with E-state index in [1.54, 1.807) is 36.4 Å². The van der Waals surface area contributed by atoms with E-state index in [-0.39, 0.29) is 4.90 Å². The molecular formula is C22H24N4O2S. The number of para-hydroxylation sites is 1. The van der Waals surface area contributed by atoms with Gasteiger partial charge < -0.3 is 15.5 Å². The van der Waals surface area contributed by atoms with Crippen LogP contribution in [0.5, 0.6) is 0 Å². The number of anilines is 4. The van der Waals surface area contributed by atoms with Crippen LogP contribution in [0.25, 0.3) is 0 Å². The molecule has 0 aromatic heterocycles. The summed E-state index contributed by atoms with van der Waals surface area (Å²) in [6.45, 7) is 3.51. The first-order chi connectivity index (χ1) is 14.1. The van der Waals surface area contributed by atoms with E-state index < -0.39 is 10.0 Å². The zero-order valence-corrected chi connectivity index (χ0v) is 16.8. The Morgan fingerprint density at radius 3 is 2.14 bits per heavy atom. The molecule has 29 heavy (non-hydrogen) atoms. The van der Waals surface area contributed by atoms with Crippen molar-refractivity contribution in [2.75, 3.05) is 41.1 Å². The fraction of sp³-hybridized carbons (Fsp3) is 0.182. The molecule has 0 unspecified atom stereocenters. The van der Waals surface area contributed by atoms with Crippen molar-refractivity contribution in [2.24, 2.45) is 0 Å². The van der Waals surface area contributed by atoms with Crippen molar-refractivity contribution in [1.29, 1.82) is 0 Å². The van der Waals surface area contributed by atoms with Gasteiger partial charge in [-0.1, -0.05) is 36.4 Å². The first-order valence-corrected chi connectivity index (χ1v) is 11.1. The Morgan fingerprint density at radius 2 is 1.45 bits per heavy atom. The number of piperazine rings is 1. The van der Waals surface area contributed by atoms with E-state index in [0.717, 1.165) is 43.2 Å². The lowest BCUT2D eigenvalue weighted by Crippen LogP contribution is -2.43. The van der Waals surface area contributed by atoms with Gasteiger partial charge in [-0.15, -0.1) is 0 Å². The quantitative estimate of drug-likeness (QED) is 0.581. The van der Waals surface area contributed by atoms with Crippen molar-refractivity contribution in [3.8, 4) is 0 Å². The number of nitrogens with one attached hydrogen (secondary N) is 3. The molecule has 1 heterocycles. The van der Waals surface area contributed by atoms with Crippen LogP contribution in [0.2, 0.25) is 0 Å². The van der Waals surface area contributed by atoms with Gasteiger partial charge in [0.2, 0.25) is 0 Å². The van der Waals surface area contributed by atoms with E-state index in [1.807, 2.05) is 42.5 Å². The largest absolute Gasteiger partial charge is 0.367 e. The van der Waals surface area contributed by atoms with Crippen molar-refractivity contribution in [2.45, 2.75) is 4.90 Å². The number of hydrogen-bond acceptors (Lipinski definition) is 5. The molecule has 150 valence electrons. The Morgan fingerprint density at radius 1 is 0.793 bits per heavy atom. The minimum Gasteiger partial charge on any atom is -0.367 e. The lowest BCUT2D eigenvalue weighted by molar-refractivity contribution is 0.589. The molecule has 3 N–H and O–H groups in total. The Bertz CT molecular complexity index is 1050. The molecule has 1 saturated heterocycles. The fourth-order valence-corrected chi connectivity index (χ4v) is 4.43.